The molecule has 1 aromatic carbocycles. The van der Waals surface area contributed by atoms with Crippen LogP contribution >= 0.6 is 0 Å². The summed E-state index contributed by atoms with van der Waals surface area (Å²) in [6.45, 7) is 2.28. The first-order valence-corrected chi connectivity index (χ1v) is 6.06. The van der Waals surface area contributed by atoms with E-state index in [9.17, 15) is 0 Å². The van der Waals surface area contributed by atoms with E-state index < -0.39 is 0 Å². The van der Waals surface area contributed by atoms with Gasteiger partial charge in [0, 0.05) is 6.42 Å². The Morgan fingerprint density at radius 3 is 2.50 bits per heavy atom. The molecule has 1 saturated heterocycles. The lowest BCUT2D eigenvalue weighted by Gasteiger charge is -2.23. The molecule has 2 rings (SSSR count). The van der Waals surface area contributed by atoms with Gasteiger partial charge in [-0.15, -0.1) is 0 Å². The highest BCUT2D eigenvalue weighted by Crippen LogP contribution is 2.25. The van der Waals surface area contributed by atoms with Crippen molar-refractivity contribution in [1.29, 1.82) is 5.26 Å². The number of hydrogen-bond acceptors (Lipinski definition) is 2. The van der Waals surface area contributed by atoms with Crippen molar-refractivity contribution in [1.82, 2.24) is 5.32 Å². The van der Waals surface area contributed by atoms with E-state index in [2.05, 4.69) is 35.7 Å². The van der Waals surface area contributed by atoms with Gasteiger partial charge in [-0.2, -0.15) is 5.26 Å². The van der Waals surface area contributed by atoms with E-state index >= 15 is 0 Å². The predicted octanol–water partition coefficient (Wildman–Crippen LogP) is 2.61. The molecule has 0 spiro atoms. The molecule has 0 unspecified atom stereocenters. The Balaban J connectivity index is 1.98. The maximum Gasteiger partial charge on any atom is 0.0625 e. The van der Waals surface area contributed by atoms with E-state index in [0.29, 0.717) is 6.42 Å². The van der Waals surface area contributed by atoms with Gasteiger partial charge in [-0.1, -0.05) is 24.3 Å². The number of nitrogens with zero attached hydrogens (tertiary/aromatic N) is 1. The fourth-order valence-electron chi connectivity index (χ4n) is 2.31. The van der Waals surface area contributed by atoms with Crippen LogP contribution in [0.1, 0.15) is 36.3 Å². The summed E-state index contributed by atoms with van der Waals surface area (Å²) in [5.74, 6) is 0.728. The van der Waals surface area contributed by atoms with Crippen molar-refractivity contribution < 1.29 is 0 Å². The Morgan fingerprint density at radius 1 is 1.19 bits per heavy atom. The molecule has 1 aromatic rings. The maximum atomic E-state index is 8.53. The van der Waals surface area contributed by atoms with Crippen molar-refractivity contribution in [2.45, 2.75) is 31.6 Å². The highest BCUT2D eigenvalue weighted by molar-refractivity contribution is 5.26. The summed E-state index contributed by atoms with van der Waals surface area (Å²) in [5.41, 5.74) is 2.74. The van der Waals surface area contributed by atoms with Crippen molar-refractivity contribution in [3.63, 3.8) is 0 Å². The lowest BCUT2D eigenvalue weighted by Crippen LogP contribution is -2.26. The van der Waals surface area contributed by atoms with Crippen LogP contribution in [0.2, 0.25) is 0 Å². The number of benzene rings is 1. The average molecular weight is 214 g/mol. The van der Waals surface area contributed by atoms with Gasteiger partial charge in [0.15, 0.2) is 0 Å². The molecule has 0 amide bonds. The van der Waals surface area contributed by atoms with E-state index in [1.165, 1.54) is 24.0 Å². The number of nitriles is 1. The summed E-state index contributed by atoms with van der Waals surface area (Å²) in [6.07, 6.45) is 3.99. The molecule has 1 heterocycles. The van der Waals surface area contributed by atoms with Gasteiger partial charge in [-0.3, -0.25) is 0 Å². The first-order valence-electron chi connectivity index (χ1n) is 6.06. The van der Waals surface area contributed by atoms with E-state index in [1.807, 2.05) is 0 Å². The highest BCUT2D eigenvalue weighted by Gasteiger charge is 2.14. The van der Waals surface area contributed by atoms with Crippen LogP contribution in [0.5, 0.6) is 0 Å². The normalized spacial score (nSPS) is 16.9. The lowest BCUT2D eigenvalue weighted by atomic mass is 9.89. The number of hydrogen-bond donors (Lipinski definition) is 1. The van der Waals surface area contributed by atoms with Crippen molar-refractivity contribution >= 4 is 0 Å². The minimum absolute atomic E-state index is 0.618. The van der Waals surface area contributed by atoms with Gasteiger partial charge in [0.05, 0.1) is 6.07 Å². The molecule has 2 nitrogen and oxygen atoms in total. The molecule has 1 N–H and O–H groups in total. The third-order valence-electron chi connectivity index (χ3n) is 3.32. The molecule has 0 aromatic heterocycles. The van der Waals surface area contributed by atoms with Crippen LogP contribution in [0.3, 0.4) is 0 Å². The van der Waals surface area contributed by atoms with Crippen LogP contribution in [0, 0.1) is 11.3 Å². The summed E-state index contributed by atoms with van der Waals surface area (Å²) in [5, 5.41) is 11.9. The molecule has 1 aliphatic rings. The van der Waals surface area contributed by atoms with E-state index in [1.54, 1.807) is 0 Å². The van der Waals surface area contributed by atoms with E-state index in [-0.39, 0.29) is 0 Å². The van der Waals surface area contributed by atoms with Crippen molar-refractivity contribution in [2.24, 2.45) is 0 Å². The first-order chi connectivity index (χ1) is 7.90. The molecule has 16 heavy (non-hydrogen) atoms. The second kappa shape index (κ2) is 5.67. The smallest absolute Gasteiger partial charge is 0.0625 e. The van der Waals surface area contributed by atoms with Crippen molar-refractivity contribution in [3.05, 3.63) is 35.4 Å². The molecule has 0 bridgehead atoms. The highest BCUT2D eigenvalue weighted by atomic mass is 14.9. The molecule has 84 valence electrons. The van der Waals surface area contributed by atoms with Crippen LogP contribution in [-0.4, -0.2) is 13.1 Å². The van der Waals surface area contributed by atoms with Crippen molar-refractivity contribution in [3.8, 4) is 6.07 Å². The minimum atomic E-state index is 0.618. The maximum absolute atomic E-state index is 8.53. The van der Waals surface area contributed by atoms with Crippen LogP contribution < -0.4 is 5.32 Å². The Kier molecular flexibility index (Phi) is 3.96. The molecule has 0 atom stereocenters. The van der Waals surface area contributed by atoms with Gasteiger partial charge in [0.2, 0.25) is 0 Å². The lowest BCUT2D eigenvalue weighted by molar-refractivity contribution is 0.460. The summed E-state index contributed by atoms with van der Waals surface area (Å²) >= 11 is 0. The van der Waals surface area contributed by atoms with Gasteiger partial charge in [0.1, 0.15) is 0 Å². The molecule has 0 saturated carbocycles. The predicted molar refractivity (Wildman–Crippen MR) is 65.2 cm³/mol. The number of piperidine rings is 1. The number of aryl methyl sites for hydroxylation is 1. The second-order valence-electron chi connectivity index (χ2n) is 4.42. The number of rotatable bonds is 3. The van der Waals surface area contributed by atoms with E-state index in [4.69, 9.17) is 5.26 Å². The zero-order valence-electron chi connectivity index (χ0n) is 9.58. The number of nitrogens with one attached hydrogen (secondary N) is 1. The van der Waals surface area contributed by atoms with Crippen LogP contribution in [0.15, 0.2) is 24.3 Å². The Morgan fingerprint density at radius 2 is 1.88 bits per heavy atom. The molecule has 0 aliphatic carbocycles. The third kappa shape index (κ3) is 2.84. The quantitative estimate of drug-likeness (QED) is 0.839. The molecule has 0 radical (unpaired) electrons. The first kappa shape index (κ1) is 11.2. The van der Waals surface area contributed by atoms with Crippen LogP contribution in [-0.2, 0) is 6.42 Å². The van der Waals surface area contributed by atoms with Crippen LogP contribution in [0.25, 0.3) is 0 Å². The zero-order chi connectivity index (χ0) is 11.2. The fourth-order valence-corrected chi connectivity index (χ4v) is 2.31. The van der Waals surface area contributed by atoms with Gasteiger partial charge >= 0.3 is 0 Å². The standard InChI is InChI=1S/C14H18N2/c15-9-1-2-12-3-5-13(6-4-12)14-7-10-16-11-8-14/h3-6,14,16H,1-2,7-8,10-11H2. The topological polar surface area (TPSA) is 35.8 Å². The van der Waals surface area contributed by atoms with Gasteiger partial charge in [0.25, 0.3) is 0 Å². The van der Waals surface area contributed by atoms with Gasteiger partial charge < -0.3 is 5.32 Å². The van der Waals surface area contributed by atoms with E-state index in [0.717, 1.165) is 25.4 Å². The summed E-state index contributed by atoms with van der Waals surface area (Å²) in [4.78, 5) is 0. The van der Waals surface area contributed by atoms with Gasteiger partial charge in [-0.25, -0.2) is 0 Å². The van der Waals surface area contributed by atoms with Crippen molar-refractivity contribution in [2.75, 3.05) is 13.1 Å². The molecular formula is C14H18N2. The third-order valence-corrected chi connectivity index (χ3v) is 3.32. The molecule has 2 heteroatoms. The Hall–Kier alpha value is -1.33. The largest absolute Gasteiger partial charge is 0.317 e. The Labute approximate surface area is 97.3 Å². The Bertz CT molecular complexity index is 355. The SMILES string of the molecule is N#CCCc1ccc(C2CCNCC2)cc1. The second-order valence-corrected chi connectivity index (χ2v) is 4.42. The molecule has 1 fully saturated rings. The molecular weight excluding hydrogens is 196 g/mol. The summed E-state index contributed by atoms with van der Waals surface area (Å²) in [7, 11) is 0. The minimum Gasteiger partial charge on any atom is -0.317 e. The summed E-state index contributed by atoms with van der Waals surface area (Å²) in [6, 6.07) is 11.0. The summed E-state index contributed by atoms with van der Waals surface area (Å²) < 4.78 is 0. The average Bonchev–Trinajstić information content (AvgIpc) is 2.38. The molecule has 1 aliphatic heterocycles. The zero-order valence-corrected chi connectivity index (χ0v) is 9.58. The van der Waals surface area contributed by atoms with Crippen LogP contribution in [0.4, 0.5) is 0 Å². The van der Waals surface area contributed by atoms with Gasteiger partial charge in [-0.05, 0) is 49.4 Å². The fraction of sp³-hybridized carbons (Fsp3) is 0.500. The monoisotopic (exact) mass is 214 g/mol.